The molecule has 2 rings (SSSR count). The van der Waals surface area contributed by atoms with Crippen molar-refractivity contribution < 1.29 is 10.0 Å². The second kappa shape index (κ2) is 5.09. The molecule has 8 heteroatoms. The molecular formula is C9H13N5O2S. The quantitative estimate of drug-likeness (QED) is 0.342. The van der Waals surface area contributed by atoms with Crippen LogP contribution in [0.3, 0.4) is 0 Å². The van der Waals surface area contributed by atoms with Gasteiger partial charge in [-0.15, -0.1) is 5.10 Å². The second-order valence-corrected chi connectivity index (χ2v) is 4.43. The number of likely N-dealkylation sites (tertiary alicyclic amines) is 1. The van der Waals surface area contributed by atoms with Crippen molar-refractivity contribution in [1.29, 1.82) is 0 Å². The van der Waals surface area contributed by atoms with Gasteiger partial charge in [0.1, 0.15) is 0 Å². The van der Waals surface area contributed by atoms with Gasteiger partial charge in [-0.3, -0.25) is 4.79 Å². The summed E-state index contributed by atoms with van der Waals surface area (Å²) in [6, 6.07) is -0.344. The van der Waals surface area contributed by atoms with Gasteiger partial charge in [-0.05, 0) is 30.8 Å². The normalized spacial score (nSPS) is 21.5. The number of rotatable bonds is 2. The number of hydrogen-bond donors (Lipinski definition) is 2. The molecule has 1 fully saturated rings. The molecule has 0 spiro atoms. The lowest BCUT2D eigenvalue weighted by Gasteiger charge is -2.34. The average Bonchev–Trinajstić information content (AvgIpc) is 2.91. The van der Waals surface area contributed by atoms with Crippen molar-refractivity contribution in [3.8, 4) is 0 Å². The molecular weight excluding hydrogens is 242 g/mol. The zero-order valence-electron chi connectivity index (χ0n) is 9.11. The van der Waals surface area contributed by atoms with Gasteiger partial charge in [0.05, 0.1) is 6.04 Å². The van der Waals surface area contributed by atoms with E-state index < -0.39 is 0 Å². The fourth-order valence-electron chi connectivity index (χ4n) is 1.95. The largest absolute Gasteiger partial charge is 0.409 e. The van der Waals surface area contributed by atoms with Gasteiger partial charge in [-0.25, -0.2) is 0 Å². The molecule has 7 nitrogen and oxygen atoms in total. The van der Waals surface area contributed by atoms with E-state index in [1.807, 2.05) is 0 Å². The van der Waals surface area contributed by atoms with Crippen molar-refractivity contribution in [1.82, 2.24) is 14.5 Å². The molecule has 1 atom stereocenters. The van der Waals surface area contributed by atoms with Crippen molar-refractivity contribution in [2.75, 3.05) is 6.54 Å². The van der Waals surface area contributed by atoms with Crippen LogP contribution in [-0.2, 0) is 0 Å². The third kappa shape index (κ3) is 2.36. The van der Waals surface area contributed by atoms with Crippen LogP contribution in [0, 0.1) is 0 Å². The minimum Gasteiger partial charge on any atom is -0.409 e. The first-order valence-electron chi connectivity index (χ1n) is 5.29. The molecule has 1 aliphatic heterocycles. The van der Waals surface area contributed by atoms with E-state index in [1.165, 1.54) is 0 Å². The van der Waals surface area contributed by atoms with Crippen LogP contribution in [0.15, 0.2) is 10.5 Å². The van der Waals surface area contributed by atoms with E-state index in [2.05, 4.69) is 14.7 Å². The molecule has 0 bridgehead atoms. The summed E-state index contributed by atoms with van der Waals surface area (Å²) in [5.41, 5.74) is 5.91. The molecule has 1 unspecified atom stereocenters. The van der Waals surface area contributed by atoms with E-state index in [4.69, 9.17) is 10.9 Å². The Bertz CT molecular complexity index is 419. The van der Waals surface area contributed by atoms with Gasteiger partial charge in [-0.1, -0.05) is 9.64 Å². The Labute approximate surface area is 102 Å². The number of aromatic nitrogens is 2. The van der Waals surface area contributed by atoms with Crippen LogP contribution >= 0.6 is 11.5 Å². The summed E-state index contributed by atoms with van der Waals surface area (Å²) in [6.45, 7) is 0.594. The zero-order chi connectivity index (χ0) is 12.3. The second-order valence-electron chi connectivity index (χ2n) is 3.83. The molecule has 1 aliphatic rings. The summed E-state index contributed by atoms with van der Waals surface area (Å²) in [5, 5.41) is 17.1. The van der Waals surface area contributed by atoms with Gasteiger partial charge in [-0.2, -0.15) is 0 Å². The summed E-state index contributed by atoms with van der Waals surface area (Å²) < 4.78 is 3.66. The molecule has 0 aliphatic carbocycles. The highest BCUT2D eigenvalue weighted by Gasteiger charge is 2.31. The Balaban J connectivity index is 2.19. The lowest BCUT2D eigenvalue weighted by Crippen LogP contribution is -2.50. The third-order valence-electron chi connectivity index (χ3n) is 2.80. The third-order valence-corrected chi connectivity index (χ3v) is 3.30. The first kappa shape index (κ1) is 11.8. The van der Waals surface area contributed by atoms with Crippen LogP contribution in [0.4, 0.5) is 0 Å². The average molecular weight is 255 g/mol. The van der Waals surface area contributed by atoms with Gasteiger partial charge >= 0.3 is 0 Å². The summed E-state index contributed by atoms with van der Waals surface area (Å²) in [4.78, 5) is 13.7. The smallest absolute Gasteiger partial charge is 0.275 e. The Kier molecular flexibility index (Phi) is 3.52. The molecule has 2 heterocycles. The summed E-state index contributed by atoms with van der Waals surface area (Å²) in [6.07, 6.45) is 2.58. The maximum Gasteiger partial charge on any atom is 0.275 e. The number of nitrogens with two attached hydrogens (primary N) is 1. The highest BCUT2D eigenvalue weighted by atomic mass is 32.1. The van der Waals surface area contributed by atoms with Crippen molar-refractivity contribution in [2.24, 2.45) is 10.9 Å². The number of nitrogens with zero attached hydrogens (tertiary/aromatic N) is 4. The van der Waals surface area contributed by atoms with E-state index in [1.54, 1.807) is 10.3 Å². The summed E-state index contributed by atoms with van der Waals surface area (Å²) in [7, 11) is 0. The van der Waals surface area contributed by atoms with Crippen LogP contribution in [0.2, 0.25) is 0 Å². The first-order chi connectivity index (χ1) is 8.24. The van der Waals surface area contributed by atoms with Crippen LogP contribution in [-0.4, -0.2) is 44.0 Å². The maximum atomic E-state index is 12.1. The molecule has 17 heavy (non-hydrogen) atoms. The Morgan fingerprint density at radius 2 is 2.47 bits per heavy atom. The highest BCUT2D eigenvalue weighted by Crippen LogP contribution is 2.19. The highest BCUT2D eigenvalue weighted by molar-refractivity contribution is 7.03. The van der Waals surface area contributed by atoms with Crippen LogP contribution in [0.25, 0.3) is 0 Å². The van der Waals surface area contributed by atoms with Crippen LogP contribution in [0.1, 0.15) is 29.8 Å². The predicted octanol–water partition coefficient (Wildman–Crippen LogP) is 0.279. The molecule has 3 N–H and O–H groups in total. The van der Waals surface area contributed by atoms with Gasteiger partial charge in [0.25, 0.3) is 5.91 Å². The van der Waals surface area contributed by atoms with Crippen molar-refractivity contribution in [3.63, 3.8) is 0 Å². The fraction of sp³-hybridized carbons (Fsp3) is 0.556. The summed E-state index contributed by atoms with van der Waals surface area (Å²) >= 11 is 1.13. The lowest BCUT2D eigenvalue weighted by atomic mass is 10.0. The molecule has 0 saturated carbocycles. The van der Waals surface area contributed by atoms with Gasteiger partial charge in [0.2, 0.25) is 0 Å². The molecule has 92 valence electrons. The molecule has 1 amide bonds. The minimum atomic E-state index is -0.344. The zero-order valence-corrected chi connectivity index (χ0v) is 9.93. The first-order valence-corrected chi connectivity index (χ1v) is 6.13. The van der Waals surface area contributed by atoms with E-state index >= 15 is 0 Å². The van der Waals surface area contributed by atoms with Crippen LogP contribution < -0.4 is 5.73 Å². The number of piperidine rings is 1. The van der Waals surface area contributed by atoms with E-state index in [9.17, 15) is 4.79 Å². The Morgan fingerprint density at radius 1 is 1.65 bits per heavy atom. The van der Waals surface area contributed by atoms with E-state index in [0.29, 0.717) is 18.7 Å². The molecule has 1 aromatic heterocycles. The van der Waals surface area contributed by atoms with Gasteiger partial charge < -0.3 is 15.8 Å². The maximum absolute atomic E-state index is 12.1. The topological polar surface area (TPSA) is 105 Å². The molecule has 0 aromatic carbocycles. The van der Waals surface area contributed by atoms with E-state index in [0.717, 1.165) is 24.4 Å². The standard InChI is InChI=1S/C9H13N5O2S/c10-8(12-16)7-3-1-2-4-14(7)9(15)6-5-17-13-11-6/h5,7,16H,1-4H2,(H2,10,12). The van der Waals surface area contributed by atoms with Gasteiger partial charge in [0.15, 0.2) is 11.5 Å². The molecule has 1 aromatic rings. The fourth-order valence-corrected chi connectivity index (χ4v) is 2.38. The number of hydrogen-bond acceptors (Lipinski definition) is 6. The minimum absolute atomic E-state index is 0.0706. The summed E-state index contributed by atoms with van der Waals surface area (Å²) in [5.74, 6) is -0.142. The Morgan fingerprint density at radius 3 is 3.12 bits per heavy atom. The monoisotopic (exact) mass is 255 g/mol. The molecule has 0 radical (unpaired) electrons. The van der Waals surface area contributed by atoms with Crippen molar-refractivity contribution >= 4 is 23.3 Å². The van der Waals surface area contributed by atoms with Gasteiger partial charge in [0, 0.05) is 11.9 Å². The lowest BCUT2D eigenvalue weighted by molar-refractivity contribution is 0.0670. The van der Waals surface area contributed by atoms with Crippen molar-refractivity contribution in [3.05, 3.63) is 11.1 Å². The SMILES string of the molecule is NC(=NO)C1CCCCN1C(=O)c1csnn1. The predicted molar refractivity (Wildman–Crippen MR) is 62.0 cm³/mol. The molecule has 1 saturated heterocycles. The number of amidine groups is 1. The number of carbonyl (C=O) groups is 1. The van der Waals surface area contributed by atoms with Crippen molar-refractivity contribution in [2.45, 2.75) is 25.3 Å². The number of carbonyl (C=O) groups excluding carboxylic acids is 1. The number of amides is 1. The van der Waals surface area contributed by atoms with Crippen LogP contribution in [0.5, 0.6) is 0 Å². The number of oxime groups is 1. The Hall–Kier alpha value is -1.70. The van der Waals surface area contributed by atoms with E-state index in [-0.39, 0.29) is 17.8 Å².